The molecule has 0 heterocycles. The zero-order valence-electron chi connectivity index (χ0n) is 10.2. The number of carbonyl (C=O) groups is 2. The number of carboxylic acid groups (broad SMARTS) is 1. The fraction of sp³-hybridized carbons (Fsp3) is 0.800. The molecule has 2 amide bonds. The number of carboxylic acids is 1. The Kier molecular flexibility index (Phi) is 8.81. The lowest BCUT2D eigenvalue weighted by Gasteiger charge is -2.22. The largest absolute Gasteiger partial charge is 0.481 e. The molecule has 0 rings (SSSR count). The van der Waals surface area contributed by atoms with Crippen LogP contribution in [0.15, 0.2) is 0 Å². The van der Waals surface area contributed by atoms with Gasteiger partial charge in [-0.25, -0.2) is 13.6 Å². The van der Waals surface area contributed by atoms with Crippen LogP contribution < -0.4 is 5.32 Å². The summed E-state index contributed by atoms with van der Waals surface area (Å²) < 4.78 is 29.2. The number of rotatable bonds is 9. The summed E-state index contributed by atoms with van der Waals surface area (Å²) >= 11 is 0. The van der Waals surface area contributed by atoms with E-state index in [9.17, 15) is 18.4 Å². The van der Waals surface area contributed by atoms with Crippen LogP contribution in [-0.4, -0.2) is 61.8 Å². The van der Waals surface area contributed by atoms with E-state index >= 15 is 0 Å². The van der Waals surface area contributed by atoms with Gasteiger partial charge in [-0.15, -0.1) is 0 Å². The highest BCUT2D eigenvalue weighted by Gasteiger charge is 2.17. The number of halogens is 2. The van der Waals surface area contributed by atoms with E-state index in [2.05, 4.69) is 5.32 Å². The average molecular weight is 268 g/mol. The molecule has 0 spiro atoms. The third-order valence-electron chi connectivity index (χ3n) is 2.05. The van der Waals surface area contributed by atoms with E-state index in [1.807, 2.05) is 0 Å². The van der Waals surface area contributed by atoms with E-state index in [1.165, 1.54) is 7.11 Å². The number of aliphatic carboxylic acids is 1. The number of nitrogens with zero attached hydrogens (tertiary/aromatic N) is 1. The van der Waals surface area contributed by atoms with Crippen LogP contribution in [0.3, 0.4) is 0 Å². The zero-order chi connectivity index (χ0) is 14.0. The number of urea groups is 1. The van der Waals surface area contributed by atoms with E-state index in [1.54, 1.807) is 0 Å². The molecule has 6 nitrogen and oxygen atoms in total. The highest BCUT2D eigenvalue weighted by Crippen LogP contribution is 1.99. The molecule has 106 valence electrons. The molecule has 0 aromatic rings. The molecular weight excluding hydrogens is 250 g/mol. The number of amides is 2. The second-order valence-electron chi connectivity index (χ2n) is 3.56. The fourth-order valence-corrected chi connectivity index (χ4v) is 1.19. The van der Waals surface area contributed by atoms with Gasteiger partial charge in [-0.3, -0.25) is 4.79 Å². The molecule has 0 atom stereocenters. The van der Waals surface area contributed by atoms with Crippen LogP contribution in [0.4, 0.5) is 13.6 Å². The molecule has 0 aliphatic rings. The minimum absolute atomic E-state index is 0.0611. The van der Waals surface area contributed by atoms with Crippen molar-refractivity contribution >= 4 is 12.0 Å². The molecule has 2 N–H and O–H groups in total. The molecule has 0 aliphatic carbocycles. The normalized spacial score (nSPS) is 10.4. The minimum Gasteiger partial charge on any atom is -0.481 e. The molecular formula is C10H18F2N2O4. The van der Waals surface area contributed by atoms with Gasteiger partial charge in [0.25, 0.3) is 6.43 Å². The van der Waals surface area contributed by atoms with Crippen molar-refractivity contribution in [1.29, 1.82) is 0 Å². The van der Waals surface area contributed by atoms with Crippen LogP contribution in [-0.2, 0) is 9.53 Å². The van der Waals surface area contributed by atoms with Gasteiger partial charge in [-0.05, 0) is 6.42 Å². The Balaban J connectivity index is 3.99. The Labute approximate surface area is 104 Å². The van der Waals surface area contributed by atoms with Gasteiger partial charge < -0.3 is 20.1 Å². The summed E-state index contributed by atoms with van der Waals surface area (Å²) in [6.07, 6.45) is -2.44. The standard InChI is InChI=1S/C10H18F2N2O4/c1-18-6-5-14(7-8(11)12)10(17)13-4-2-3-9(15)16/h8H,2-7H2,1H3,(H,13,17)(H,15,16). The average Bonchev–Trinajstić information content (AvgIpc) is 2.29. The summed E-state index contributed by atoms with van der Waals surface area (Å²) in [5.41, 5.74) is 0. The molecule has 0 saturated heterocycles. The van der Waals surface area contributed by atoms with Crippen molar-refractivity contribution in [2.24, 2.45) is 0 Å². The summed E-state index contributed by atoms with van der Waals surface area (Å²) in [6.45, 7) is -0.313. The molecule has 0 radical (unpaired) electrons. The molecule has 0 aromatic heterocycles. The number of hydrogen-bond acceptors (Lipinski definition) is 3. The third-order valence-corrected chi connectivity index (χ3v) is 2.05. The molecule has 0 fully saturated rings. The Morgan fingerprint density at radius 2 is 2.11 bits per heavy atom. The fourth-order valence-electron chi connectivity index (χ4n) is 1.19. The van der Waals surface area contributed by atoms with Crippen LogP contribution in [0.25, 0.3) is 0 Å². The van der Waals surface area contributed by atoms with Crippen molar-refractivity contribution in [2.75, 3.05) is 33.4 Å². The van der Waals surface area contributed by atoms with Crippen molar-refractivity contribution in [2.45, 2.75) is 19.3 Å². The number of ether oxygens (including phenoxy) is 1. The van der Waals surface area contributed by atoms with Crippen LogP contribution in [0.2, 0.25) is 0 Å². The quantitative estimate of drug-likeness (QED) is 0.605. The van der Waals surface area contributed by atoms with Gasteiger partial charge in [0.1, 0.15) is 0 Å². The summed E-state index contributed by atoms with van der Waals surface area (Å²) in [5.74, 6) is -0.965. The lowest BCUT2D eigenvalue weighted by Crippen LogP contribution is -2.44. The second-order valence-corrected chi connectivity index (χ2v) is 3.56. The lowest BCUT2D eigenvalue weighted by atomic mass is 10.3. The summed E-state index contributed by atoms with van der Waals surface area (Å²) in [7, 11) is 1.41. The lowest BCUT2D eigenvalue weighted by molar-refractivity contribution is -0.137. The third kappa shape index (κ3) is 8.68. The van der Waals surface area contributed by atoms with Crippen LogP contribution in [0.5, 0.6) is 0 Å². The smallest absolute Gasteiger partial charge is 0.317 e. The zero-order valence-corrected chi connectivity index (χ0v) is 10.2. The van der Waals surface area contributed by atoms with Crippen LogP contribution in [0, 0.1) is 0 Å². The molecule has 18 heavy (non-hydrogen) atoms. The predicted molar refractivity (Wildman–Crippen MR) is 59.7 cm³/mol. The van der Waals surface area contributed by atoms with Crippen LogP contribution >= 0.6 is 0 Å². The SMILES string of the molecule is COCCN(CC(F)F)C(=O)NCCCC(=O)O. The first-order chi connectivity index (χ1) is 8.47. The maximum Gasteiger partial charge on any atom is 0.317 e. The molecule has 0 unspecified atom stereocenters. The van der Waals surface area contributed by atoms with Gasteiger partial charge in [-0.1, -0.05) is 0 Å². The van der Waals surface area contributed by atoms with E-state index in [0.29, 0.717) is 0 Å². The summed E-state index contributed by atoms with van der Waals surface area (Å²) in [6, 6.07) is -0.641. The Bertz CT molecular complexity index is 264. The summed E-state index contributed by atoms with van der Waals surface area (Å²) in [5, 5.41) is 10.8. The predicted octanol–water partition coefficient (Wildman–Crippen LogP) is 0.774. The highest BCUT2D eigenvalue weighted by molar-refractivity contribution is 5.74. The van der Waals surface area contributed by atoms with Crippen molar-refractivity contribution < 1.29 is 28.2 Å². The Hall–Kier alpha value is -1.44. The first-order valence-electron chi connectivity index (χ1n) is 5.49. The molecule has 0 aliphatic heterocycles. The molecule has 8 heteroatoms. The van der Waals surface area contributed by atoms with E-state index < -0.39 is 25.0 Å². The number of methoxy groups -OCH3 is 1. The number of alkyl halides is 2. The van der Waals surface area contributed by atoms with Gasteiger partial charge in [-0.2, -0.15) is 0 Å². The number of carbonyl (C=O) groups excluding carboxylic acids is 1. The van der Waals surface area contributed by atoms with E-state index in [4.69, 9.17) is 9.84 Å². The highest BCUT2D eigenvalue weighted by atomic mass is 19.3. The van der Waals surface area contributed by atoms with Crippen molar-refractivity contribution in [1.82, 2.24) is 10.2 Å². The van der Waals surface area contributed by atoms with Gasteiger partial charge in [0.2, 0.25) is 0 Å². The maximum atomic E-state index is 12.2. The maximum absolute atomic E-state index is 12.2. The number of nitrogens with one attached hydrogen (secondary N) is 1. The Morgan fingerprint density at radius 1 is 1.44 bits per heavy atom. The van der Waals surface area contributed by atoms with Crippen molar-refractivity contribution in [3.8, 4) is 0 Å². The summed E-state index contributed by atoms with van der Waals surface area (Å²) in [4.78, 5) is 22.7. The topological polar surface area (TPSA) is 78.9 Å². The van der Waals surface area contributed by atoms with Gasteiger partial charge >= 0.3 is 12.0 Å². The van der Waals surface area contributed by atoms with Gasteiger partial charge in [0, 0.05) is 26.6 Å². The monoisotopic (exact) mass is 268 g/mol. The van der Waals surface area contributed by atoms with Crippen LogP contribution in [0.1, 0.15) is 12.8 Å². The minimum atomic E-state index is -2.62. The Morgan fingerprint density at radius 3 is 2.61 bits per heavy atom. The van der Waals surface area contributed by atoms with E-state index in [0.717, 1.165) is 4.90 Å². The molecule has 0 aromatic carbocycles. The molecule has 0 saturated carbocycles. The van der Waals surface area contributed by atoms with Gasteiger partial charge in [0.15, 0.2) is 0 Å². The second kappa shape index (κ2) is 9.58. The first-order valence-corrected chi connectivity index (χ1v) is 5.49. The van der Waals surface area contributed by atoms with Gasteiger partial charge in [0.05, 0.1) is 13.2 Å². The first kappa shape index (κ1) is 16.6. The van der Waals surface area contributed by atoms with Crippen molar-refractivity contribution in [3.63, 3.8) is 0 Å². The molecule has 0 bridgehead atoms. The number of hydrogen-bond donors (Lipinski definition) is 2. The van der Waals surface area contributed by atoms with E-state index in [-0.39, 0.29) is 32.5 Å². The van der Waals surface area contributed by atoms with Crippen molar-refractivity contribution in [3.05, 3.63) is 0 Å².